The van der Waals surface area contributed by atoms with Crippen LogP contribution in [0.3, 0.4) is 0 Å². The van der Waals surface area contributed by atoms with Gasteiger partial charge in [-0.2, -0.15) is 0 Å². The lowest BCUT2D eigenvalue weighted by Gasteiger charge is -2.26. The molecule has 8 nitrogen and oxygen atoms in total. The number of urea groups is 1. The summed E-state index contributed by atoms with van der Waals surface area (Å²) >= 11 is 0. The molecule has 0 spiro atoms. The first-order valence-electron chi connectivity index (χ1n) is 6.19. The van der Waals surface area contributed by atoms with Crippen molar-refractivity contribution in [3.05, 3.63) is 0 Å². The van der Waals surface area contributed by atoms with E-state index in [1.54, 1.807) is 0 Å². The van der Waals surface area contributed by atoms with Crippen molar-refractivity contribution in [2.45, 2.75) is 12.5 Å². The molecular weight excluding hydrogens is 254 g/mol. The van der Waals surface area contributed by atoms with Gasteiger partial charge in [0.2, 0.25) is 0 Å². The topological polar surface area (TPSA) is 111 Å². The number of nitrogens with one attached hydrogen (secondary N) is 2. The zero-order valence-electron chi connectivity index (χ0n) is 11.0. The molecule has 1 unspecified atom stereocenters. The van der Waals surface area contributed by atoms with Crippen LogP contribution in [0.2, 0.25) is 0 Å². The second-order valence-electron chi connectivity index (χ2n) is 4.64. The van der Waals surface area contributed by atoms with Gasteiger partial charge in [-0.15, -0.1) is 0 Å². The number of amides is 2. The highest BCUT2D eigenvalue weighted by Crippen LogP contribution is 2.00. The Bertz CT molecular complexity index is 315. The third-order valence-corrected chi connectivity index (χ3v) is 2.87. The molecule has 1 fully saturated rings. The highest BCUT2D eigenvalue weighted by Gasteiger charge is 2.30. The Morgan fingerprint density at radius 1 is 1.32 bits per heavy atom. The van der Waals surface area contributed by atoms with E-state index in [0.717, 1.165) is 20.0 Å². The molecule has 4 N–H and O–H groups in total. The van der Waals surface area contributed by atoms with Crippen LogP contribution in [0.25, 0.3) is 0 Å². The van der Waals surface area contributed by atoms with Gasteiger partial charge in [-0.1, -0.05) is 0 Å². The Morgan fingerprint density at radius 2 is 1.95 bits per heavy atom. The van der Waals surface area contributed by atoms with Gasteiger partial charge in [-0.25, -0.2) is 9.59 Å². The first kappa shape index (κ1) is 15.7. The van der Waals surface area contributed by atoms with E-state index in [1.165, 1.54) is 0 Å². The molecule has 1 atom stereocenters. The molecule has 8 heteroatoms. The largest absolute Gasteiger partial charge is 0.479 e. The zero-order valence-corrected chi connectivity index (χ0v) is 11.0. The number of morpholine rings is 1. The van der Waals surface area contributed by atoms with Crippen molar-refractivity contribution >= 4 is 12.0 Å². The molecule has 0 aromatic rings. The van der Waals surface area contributed by atoms with Gasteiger partial charge in [0.05, 0.1) is 19.8 Å². The van der Waals surface area contributed by atoms with Crippen molar-refractivity contribution in [2.75, 3.05) is 45.9 Å². The van der Waals surface area contributed by atoms with Crippen molar-refractivity contribution < 1.29 is 24.5 Å². The maximum absolute atomic E-state index is 11.4. The summed E-state index contributed by atoms with van der Waals surface area (Å²) in [6, 6.07) is -0.491. The number of carbonyl (C=O) groups is 2. The van der Waals surface area contributed by atoms with E-state index in [-0.39, 0.29) is 6.54 Å². The Labute approximate surface area is 111 Å². The van der Waals surface area contributed by atoms with Crippen LogP contribution in [-0.4, -0.2) is 78.7 Å². The van der Waals surface area contributed by atoms with Crippen molar-refractivity contribution in [1.82, 2.24) is 15.5 Å². The van der Waals surface area contributed by atoms with Crippen molar-refractivity contribution in [3.63, 3.8) is 0 Å². The van der Waals surface area contributed by atoms with Gasteiger partial charge in [-0.3, -0.25) is 4.90 Å². The van der Waals surface area contributed by atoms with E-state index in [2.05, 4.69) is 15.5 Å². The van der Waals surface area contributed by atoms with E-state index in [0.29, 0.717) is 26.3 Å². The average Bonchev–Trinajstić information content (AvgIpc) is 2.37. The number of carboxylic acid groups (broad SMARTS) is 1. The fraction of sp³-hybridized carbons (Fsp3) is 0.818. The fourth-order valence-corrected chi connectivity index (χ4v) is 1.54. The molecule has 0 bridgehead atoms. The van der Waals surface area contributed by atoms with Crippen LogP contribution in [0.4, 0.5) is 4.79 Å². The molecule has 1 heterocycles. The maximum Gasteiger partial charge on any atom is 0.337 e. The number of ether oxygens (including phenoxy) is 1. The van der Waals surface area contributed by atoms with Crippen molar-refractivity contribution in [3.8, 4) is 0 Å². The fourth-order valence-electron chi connectivity index (χ4n) is 1.54. The summed E-state index contributed by atoms with van der Waals surface area (Å²) in [6.45, 7) is 5.05. The van der Waals surface area contributed by atoms with E-state index in [1.807, 2.05) is 0 Å². The van der Waals surface area contributed by atoms with E-state index in [4.69, 9.17) is 9.84 Å². The summed E-state index contributed by atoms with van der Waals surface area (Å²) < 4.78 is 5.20. The van der Waals surface area contributed by atoms with E-state index >= 15 is 0 Å². The SMILES string of the molecule is CC(O)(CNC(=O)NCCN1CCOCC1)C(=O)O. The molecule has 0 aliphatic carbocycles. The average molecular weight is 275 g/mol. The van der Waals surface area contributed by atoms with Crippen LogP contribution < -0.4 is 10.6 Å². The normalized spacial score (nSPS) is 19.5. The predicted octanol–water partition coefficient (Wildman–Crippen LogP) is -1.55. The van der Waals surface area contributed by atoms with Crippen molar-refractivity contribution in [2.24, 2.45) is 0 Å². The minimum atomic E-state index is -1.96. The highest BCUT2D eigenvalue weighted by atomic mass is 16.5. The Balaban J connectivity index is 2.12. The van der Waals surface area contributed by atoms with Gasteiger partial charge in [0.25, 0.3) is 0 Å². The number of nitrogens with zero attached hydrogens (tertiary/aromatic N) is 1. The molecule has 1 rings (SSSR count). The Kier molecular flexibility index (Phi) is 6.00. The third-order valence-electron chi connectivity index (χ3n) is 2.87. The summed E-state index contributed by atoms with van der Waals surface area (Å²) in [6.07, 6.45) is 0. The summed E-state index contributed by atoms with van der Waals surface area (Å²) in [5, 5.41) is 23.0. The van der Waals surface area contributed by atoms with Crippen LogP contribution in [0.5, 0.6) is 0 Å². The lowest BCUT2D eigenvalue weighted by molar-refractivity contribution is -0.155. The summed E-state index contributed by atoms with van der Waals surface area (Å²) in [5.74, 6) is -1.37. The third kappa shape index (κ3) is 5.86. The van der Waals surface area contributed by atoms with Crippen LogP contribution >= 0.6 is 0 Å². The first-order chi connectivity index (χ1) is 8.92. The second-order valence-corrected chi connectivity index (χ2v) is 4.64. The quantitative estimate of drug-likeness (QED) is 0.467. The standard InChI is InChI=1S/C11H21N3O5/c1-11(18,9(15)16)8-13-10(17)12-2-3-14-4-6-19-7-5-14/h18H,2-8H2,1H3,(H,15,16)(H2,12,13,17). The number of hydrogen-bond donors (Lipinski definition) is 4. The number of hydrogen-bond acceptors (Lipinski definition) is 5. The Morgan fingerprint density at radius 3 is 2.53 bits per heavy atom. The lowest BCUT2D eigenvalue weighted by atomic mass is 10.1. The predicted molar refractivity (Wildman–Crippen MR) is 66.9 cm³/mol. The van der Waals surface area contributed by atoms with E-state index < -0.39 is 17.6 Å². The molecular formula is C11H21N3O5. The number of carbonyl (C=O) groups excluding carboxylic acids is 1. The molecule has 0 saturated carbocycles. The van der Waals surface area contributed by atoms with Gasteiger partial charge in [0.1, 0.15) is 0 Å². The van der Waals surface area contributed by atoms with Gasteiger partial charge >= 0.3 is 12.0 Å². The minimum Gasteiger partial charge on any atom is -0.479 e. The molecule has 110 valence electrons. The highest BCUT2D eigenvalue weighted by molar-refractivity contribution is 5.79. The Hall–Kier alpha value is -1.38. The summed E-state index contributed by atoms with van der Waals surface area (Å²) in [7, 11) is 0. The molecule has 1 saturated heterocycles. The first-order valence-corrected chi connectivity index (χ1v) is 6.19. The molecule has 0 aromatic carbocycles. The van der Waals surface area contributed by atoms with Crippen LogP contribution in [0.1, 0.15) is 6.92 Å². The number of aliphatic hydroxyl groups is 1. The molecule has 0 radical (unpaired) electrons. The molecule has 19 heavy (non-hydrogen) atoms. The van der Waals surface area contributed by atoms with Crippen molar-refractivity contribution in [1.29, 1.82) is 0 Å². The molecule has 2 amide bonds. The number of carboxylic acids is 1. The smallest absolute Gasteiger partial charge is 0.337 e. The van der Waals surface area contributed by atoms with E-state index in [9.17, 15) is 14.7 Å². The minimum absolute atomic E-state index is 0.342. The number of aliphatic carboxylic acids is 1. The van der Waals surface area contributed by atoms with Gasteiger partial charge in [0, 0.05) is 26.2 Å². The van der Waals surface area contributed by atoms with Gasteiger partial charge < -0.3 is 25.6 Å². The molecule has 1 aliphatic rings. The summed E-state index contributed by atoms with van der Waals surface area (Å²) in [4.78, 5) is 24.2. The van der Waals surface area contributed by atoms with Gasteiger partial charge in [0.15, 0.2) is 5.60 Å². The zero-order chi connectivity index (χ0) is 14.3. The van der Waals surface area contributed by atoms with Crippen LogP contribution in [0, 0.1) is 0 Å². The van der Waals surface area contributed by atoms with Crippen LogP contribution in [0.15, 0.2) is 0 Å². The number of rotatable bonds is 6. The van der Waals surface area contributed by atoms with Crippen LogP contribution in [-0.2, 0) is 9.53 Å². The molecule has 0 aromatic heterocycles. The summed E-state index contributed by atoms with van der Waals surface area (Å²) in [5.41, 5.74) is -1.96. The maximum atomic E-state index is 11.4. The second kappa shape index (κ2) is 7.27. The lowest BCUT2D eigenvalue weighted by Crippen LogP contribution is -2.50. The monoisotopic (exact) mass is 275 g/mol. The van der Waals surface area contributed by atoms with Gasteiger partial charge in [-0.05, 0) is 6.92 Å². The molecule has 1 aliphatic heterocycles.